The van der Waals surface area contributed by atoms with Gasteiger partial charge < -0.3 is 14.2 Å². The van der Waals surface area contributed by atoms with Crippen molar-refractivity contribution in [2.75, 3.05) is 13.2 Å². The summed E-state index contributed by atoms with van der Waals surface area (Å²) in [6.45, 7) is 11.7. The quantitative estimate of drug-likeness (QED) is 0.400. The first-order valence-electron chi connectivity index (χ1n) is 9.49. The van der Waals surface area contributed by atoms with Crippen molar-refractivity contribution in [1.29, 1.82) is 0 Å². The Bertz CT molecular complexity index is 642. The van der Waals surface area contributed by atoms with Crippen LogP contribution in [0.1, 0.15) is 60.3 Å². The van der Waals surface area contributed by atoms with E-state index in [0.29, 0.717) is 13.0 Å². The third-order valence-electron chi connectivity index (χ3n) is 5.54. The van der Waals surface area contributed by atoms with E-state index < -0.39 is 0 Å². The Labute approximate surface area is 160 Å². The second-order valence-corrected chi connectivity index (χ2v) is 9.01. The van der Waals surface area contributed by atoms with E-state index in [4.69, 9.17) is 9.05 Å². The van der Waals surface area contributed by atoms with Gasteiger partial charge in [0.05, 0.1) is 12.0 Å². The number of aliphatic hydroxyl groups excluding tert-OH is 1. The summed E-state index contributed by atoms with van der Waals surface area (Å²) in [6.07, 6.45) is 10.6. The maximum Gasteiger partial charge on any atom is 0.155 e. The highest BCUT2D eigenvalue weighted by Gasteiger charge is 2.36. The zero-order valence-electron chi connectivity index (χ0n) is 16.8. The van der Waals surface area contributed by atoms with Crippen LogP contribution in [-0.2, 0) is 9.05 Å². The number of allylic oxidation sites excluding steroid dienone is 6. The van der Waals surface area contributed by atoms with Gasteiger partial charge in [0.1, 0.15) is 6.10 Å². The Kier molecular flexibility index (Phi) is 7.68. The van der Waals surface area contributed by atoms with Gasteiger partial charge in [-0.15, -0.1) is 0 Å². The largest absolute Gasteiger partial charge is 0.396 e. The highest BCUT2D eigenvalue weighted by molar-refractivity contribution is 7.26. The Hall–Kier alpha value is -0.910. The fourth-order valence-electron chi connectivity index (χ4n) is 3.67. The molecule has 1 aliphatic carbocycles. The van der Waals surface area contributed by atoms with Crippen molar-refractivity contribution in [3.05, 3.63) is 34.9 Å². The lowest BCUT2D eigenvalue weighted by Crippen LogP contribution is -2.33. The Morgan fingerprint density at radius 2 is 2.23 bits per heavy atom. The van der Waals surface area contributed by atoms with Crippen LogP contribution in [0.4, 0.5) is 0 Å². The lowest BCUT2D eigenvalue weighted by Gasteiger charge is -2.32. The van der Waals surface area contributed by atoms with Crippen LogP contribution in [0.15, 0.2) is 34.9 Å². The molecular weight excluding hydrogens is 343 g/mol. The van der Waals surface area contributed by atoms with Crippen LogP contribution in [0.5, 0.6) is 0 Å². The standard InChI is InChI=1S/C22H33O3P/c1-17(10-11-19-18(2)9-7-12-21(19,3)4)8-6-13-22(5,14-15-23)20-16-24-26-25-20/h8,10-11,20,23,26H,7,9,12,14-16H2,1-5H3/b11-10+,17-8+. The topological polar surface area (TPSA) is 38.7 Å². The first-order valence-corrected chi connectivity index (χ1v) is 10.3. The summed E-state index contributed by atoms with van der Waals surface area (Å²) in [6, 6.07) is 0. The molecule has 3 atom stereocenters. The molecule has 0 amide bonds. The first kappa shape index (κ1) is 21.4. The zero-order chi connectivity index (χ0) is 19.2. The van der Waals surface area contributed by atoms with E-state index in [1.165, 1.54) is 30.4 Å². The van der Waals surface area contributed by atoms with E-state index in [1.54, 1.807) is 0 Å². The molecule has 1 saturated heterocycles. The van der Waals surface area contributed by atoms with Crippen molar-refractivity contribution in [3.8, 4) is 11.8 Å². The lowest BCUT2D eigenvalue weighted by atomic mass is 9.72. The lowest BCUT2D eigenvalue weighted by molar-refractivity contribution is 0.0998. The van der Waals surface area contributed by atoms with E-state index in [-0.39, 0.29) is 32.6 Å². The van der Waals surface area contributed by atoms with Gasteiger partial charge in [0.15, 0.2) is 9.03 Å². The molecule has 2 aliphatic rings. The van der Waals surface area contributed by atoms with Gasteiger partial charge in [0, 0.05) is 6.61 Å². The van der Waals surface area contributed by atoms with Gasteiger partial charge in [-0.2, -0.15) is 0 Å². The molecule has 3 nitrogen and oxygen atoms in total. The highest BCUT2D eigenvalue weighted by atomic mass is 31.1. The predicted molar refractivity (Wildman–Crippen MR) is 110 cm³/mol. The molecule has 4 heteroatoms. The molecule has 0 aromatic carbocycles. The number of rotatable bonds is 5. The van der Waals surface area contributed by atoms with Gasteiger partial charge >= 0.3 is 0 Å². The second kappa shape index (κ2) is 9.34. The molecule has 1 aliphatic heterocycles. The van der Waals surface area contributed by atoms with E-state index in [1.807, 2.05) is 13.0 Å². The molecule has 0 spiro atoms. The molecule has 144 valence electrons. The smallest absolute Gasteiger partial charge is 0.155 e. The van der Waals surface area contributed by atoms with Gasteiger partial charge in [-0.1, -0.05) is 43.4 Å². The minimum atomic E-state index is -0.386. The van der Waals surface area contributed by atoms with Crippen LogP contribution in [-0.4, -0.2) is 24.4 Å². The second-order valence-electron chi connectivity index (χ2n) is 8.31. The maximum atomic E-state index is 9.38. The Balaban J connectivity index is 2.11. The fourth-order valence-corrected chi connectivity index (χ4v) is 4.41. The van der Waals surface area contributed by atoms with Crippen LogP contribution in [0.3, 0.4) is 0 Å². The van der Waals surface area contributed by atoms with Crippen molar-refractivity contribution < 1.29 is 14.2 Å². The minimum absolute atomic E-state index is 0.0689. The van der Waals surface area contributed by atoms with E-state index in [9.17, 15) is 5.11 Å². The van der Waals surface area contributed by atoms with E-state index in [2.05, 4.69) is 51.7 Å². The average molecular weight is 376 g/mol. The van der Waals surface area contributed by atoms with Crippen molar-refractivity contribution in [3.63, 3.8) is 0 Å². The van der Waals surface area contributed by atoms with Crippen LogP contribution in [0.2, 0.25) is 0 Å². The number of hydrogen-bond acceptors (Lipinski definition) is 3. The minimum Gasteiger partial charge on any atom is -0.396 e. The summed E-state index contributed by atoms with van der Waals surface area (Å²) in [5.41, 5.74) is 3.98. The van der Waals surface area contributed by atoms with Gasteiger partial charge in [-0.25, -0.2) is 0 Å². The predicted octanol–water partition coefficient (Wildman–Crippen LogP) is 5.33. The molecule has 1 fully saturated rings. The van der Waals surface area contributed by atoms with Crippen LogP contribution in [0, 0.1) is 22.7 Å². The molecular formula is C22H33O3P. The number of hydrogen-bond donors (Lipinski definition) is 1. The summed E-state index contributed by atoms with van der Waals surface area (Å²) in [5, 5.41) is 9.38. The van der Waals surface area contributed by atoms with Crippen molar-refractivity contribution >= 4 is 9.03 Å². The monoisotopic (exact) mass is 376 g/mol. The molecule has 2 rings (SSSR count). The van der Waals surface area contributed by atoms with Crippen molar-refractivity contribution in [2.45, 2.75) is 66.4 Å². The fraction of sp³-hybridized carbons (Fsp3) is 0.636. The van der Waals surface area contributed by atoms with Gasteiger partial charge in [-0.05, 0) is 69.1 Å². The number of aliphatic hydroxyl groups is 1. The van der Waals surface area contributed by atoms with Crippen molar-refractivity contribution in [2.24, 2.45) is 10.8 Å². The van der Waals surface area contributed by atoms with E-state index >= 15 is 0 Å². The molecule has 1 N–H and O–H groups in total. The van der Waals surface area contributed by atoms with Gasteiger partial charge in [0.2, 0.25) is 0 Å². The summed E-state index contributed by atoms with van der Waals surface area (Å²) in [4.78, 5) is 0. The molecule has 0 aromatic rings. The SMILES string of the molecule is CC1=C(/C=C/C(C)=C/C#CC(C)(CCO)C2COPO2)C(C)(C)CCC1. The third kappa shape index (κ3) is 5.54. The summed E-state index contributed by atoms with van der Waals surface area (Å²) in [7, 11) is 0.0805. The Morgan fingerprint density at radius 1 is 1.46 bits per heavy atom. The van der Waals surface area contributed by atoms with Gasteiger partial charge in [-0.3, -0.25) is 0 Å². The zero-order valence-corrected chi connectivity index (χ0v) is 17.8. The molecule has 0 aromatic heterocycles. The summed E-state index contributed by atoms with van der Waals surface area (Å²) < 4.78 is 11.0. The molecule has 3 unspecified atom stereocenters. The van der Waals surface area contributed by atoms with Crippen LogP contribution < -0.4 is 0 Å². The molecule has 26 heavy (non-hydrogen) atoms. The molecule has 1 heterocycles. The Morgan fingerprint density at radius 3 is 2.85 bits per heavy atom. The normalized spacial score (nSPS) is 26.8. The van der Waals surface area contributed by atoms with Crippen LogP contribution in [0.25, 0.3) is 0 Å². The van der Waals surface area contributed by atoms with E-state index in [0.717, 1.165) is 5.57 Å². The molecule has 0 bridgehead atoms. The van der Waals surface area contributed by atoms with Gasteiger partial charge in [0.25, 0.3) is 0 Å². The summed E-state index contributed by atoms with van der Waals surface area (Å²) in [5.74, 6) is 6.48. The third-order valence-corrected chi connectivity index (χ3v) is 6.20. The molecule has 0 saturated carbocycles. The van der Waals surface area contributed by atoms with Crippen molar-refractivity contribution in [1.82, 2.24) is 0 Å². The average Bonchev–Trinajstić information content (AvgIpc) is 3.09. The maximum absolute atomic E-state index is 9.38. The summed E-state index contributed by atoms with van der Waals surface area (Å²) >= 11 is 0. The highest BCUT2D eigenvalue weighted by Crippen LogP contribution is 2.41. The molecule has 0 radical (unpaired) electrons. The first-order chi connectivity index (χ1) is 12.3. The van der Waals surface area contributed by atoms with Crippen LogP contribution >= 0.6 is 9.03 Å².